The van der Waals surface area contributed by atoms with Crippen LogP contribution in [0.4, 0.5) is 0 Å². The highest BCUT2D eigenvalue weighted by Gasteiger charge is 2.19. The first kappa shape index (κ1) is 19.9. The lowest BCUT2D eigenvalue weighted by atomic mass is 9.99. The average molecular weight is 571 g/mol. The third-order valence-electron chi connectivity index (χ3n) is 7.84. The fourth-order valence-corrected chi connectivity index (χ4v) is 5.84. The SMILES string of the molecule is [2H]c1c([2H])c([2H])c(-c2nc(-c3ccccc3)nc(-c3cccc4oc5ccc(-c6cccc7c6oc6ccccc67)cc5c34)n2)c([2H])c1[2H]. The minimum absolute atomic E-state index is 0.0251. The number of hydrogen-bond donors (Lipinski definition) is 0. The van der Waals surface area contributed by atoms with Crippen molar-refractivity contribution in [2.45, 2.75) is 0 Å². The van der Waals surface area contributed by atoms with Crippen LogP contribution in [0.15, 0.2) is 148 Å². The smallest absolute Gasteiger partial charge is 0.164 e. The summed E-state index contributed by atoms with van der Waals surface area (Å²) in [5.41, 5.74) is 6.02. The molecule has 3 heterocycles. The second-order valence-electron chi connectivity index (χ2n) is 10.4. The van der Waals surface area contributed by atoms with Crippen LogP contribution in [-0.2, 0) is 0 Å². The zero-order valence-electron chi connectivity index (χ0n) is 28.1. The van der Waals surface area contributed by atoms with Crippen molar-refractivity contribution in [1.29, 1.82) is 0 Å². The van der Waals surface area contributed by atoms with Crippen LogP contribution in [0, 0.1) is 0 Å². The molecule has 6 aromatic carbocycles. The summed E-state index contributed by atoms with van der Waals surface area (Å²) in [7, 11) is 0. The maximum Gasteiger partial charge on any atom is 0.164 e. The van der Waals surface area contributed by atoms with Crippen molar-refractivity contribution in [1.82, 2.24) is 15.0 Å². The van der Waals surface area contributed by atoms with Crippen molar-refractivity contribution >= 4 is 43.9 Å². The molecule has 5 heteroatoms. The molecule has 0 aliphatic rings. The van der Waals surface area contributed by atoms with Crippen LogP contribution in [0.5, 0.6) is 0 Å². The van der Waals surface area contributed by atoms with E-state index in [4.69, 9.17) is 25.7 Å². The fraction of sp³-hybridized carbons (Fsp3) is 0. The van der Waals surface area contributed by atoms with Crippen LogP contribution in [0.3, 0.4) is 0 Å². The van der Waals surface area contributed by atoms with Gasteiger partial charge in [-0.15, -0.1) is 0 Å². The van der Waals surface area contributed by atoms with Gasteiger partial charge in [0, 0.05) is 43.8 Å². The van der Waals surface area contributed by atoms with Gasteiger partial charge in [0.2, 0.25) is 0 Å². The molecule has 0 amide bonds. The predicted octanol–water partition coefficient (Wildman–Crippen LogP) is 10.3. The quantitative estimate of drug-likeness (QED) is 0.211. The molecule has 0 N–H and O–H groups in total. The van der Waals surface area contributed by atoms with Crippen molar-refractivity contribution in [2.75, 3.05) is 0 Å². The molecule has 5 nitrogen and oxygen atoms in total. The summed E-state index contributed by atoms with van der Waals surface area (Å²) in [6.07, 6.45) is 0. The topological polar surface area (TPSA) is 65.0 Å². The van der Waals surface area contributed by atoms with Crippen molar-refractivity contribution < 1.29 is 15.7 Å². The number of para-hydroxylation sites is 2. The van der Waals surface area contributed by atoms with E-state index in [1.165, 1.54) is 0 Å². The van der Waals surface area contributed by atoms with Gasteiger partial charge in [-0.2, -0.15) is 0 Å². The molecule has 0 radical (unpaired) electrons. The second kappa shape index (κ2) is 9.75. The monoisotopic (exact) mass is 570 g/mol. The van der Waals surface area contributed by atoms with E-state index in [9.17, 15) is 0 Å². The van der Waals surface area contributed by atoms with E-state index >= 15 is 0 Å². The van der Waals surface area contributed by atoms with Crippen molar-refractivity contribution in [3.8, 4) is 45.3 Å². The molecule has 3 aromatic heterocycles. The van der Waals surface area contributed by atoms with Gasteiger partial charge in [0.25, 0.3) is 0 Å². The summed E-state index contributed by atoms with van der Waals surface area (Å²) >= 11 is 0. The molecule has 0 saturated heterocycles. The lowest BCUT2D eigenvalue weighted by Gasteiger charge is -2.09. The number of hydrogen-bond acceptors (Lipinski definition) is 5. The third kappa shape index (κ3) is 3.91. The van der Waals surface area contributed by atoms with Crippen LogP contribution in [0.1, 0.15) is 6.85 Å². The Balaban J connectivity index is 1.30. The first-order valence-corrected chi connectivity index (χ1v) is 14.1. The van der Waals surface area contributed by atoms with Crippen LogP contribution in [0.25, 0.3) is 89.2 Å². The maximum absolute atomic E-state index is 8.64. The Bertz CT molecular complexity index is 2760. The van der Waals surface area contributed by atoms with E-state index in [2.05, 4.69) is 23.2 Å². The Morgan fingerprint density at radius 2 is 1.14 bits per heavy atom. The van der Waals surface area contributed by atoms with Gasteiger partial charge in [-0.05, 0) is 29.8 Å². The van der Waals surface area contributed by atoms with Gasteiger partial charge in [0.05, 0.1) is 6.85 Å². The Hall–Kier alpha value is -6.07. The summed E-state index contributed by atoms with van der Waals surface area (Å²) in [6.45, 7) is 0. The fourth-order valence-electron chi connectivity index (χ4n) is 5.84. The van der Waals surface area contributed by atoms with Crippen LogP contribution >= 0.6 is 0 Å². The summed E-state index contributed by atoms with van der Waals surface area (Å²) in [5, 5.41) is 3.69. The first-order chi connectivity index (χ1) is 23.9. The number of rotatable bonds is 4. The zero-order chi connectivity index (χ0) is 33.4. The lowest BCUT2D eigenvalue weighted by molar-refractivity contribution is 0.668. The summed E-state index contributed by atoms with van der Waals surface area (Å²) < 4.78 is 54.6. The highest BCUT2D eigenvalue weighted by atomic mass is 16.3. The summed E-state index contributed by atoms with van der Waals surface area (Å²) in [6, 6.07) is 32.9. The molecule has 0 aliphatic heterocycles. The van der Waals surface area contributed by atoms with Crippen LogP contribution in [-0.4, -0.2) is 15.0 Å². The Morgan fingerprint density at radius 1 is 0.455 bits per heavy atom. The van der Waals surface area contributed by atoms with Crippen LogP contribution < -0.4 is 0 Å². The van der Waals surface area contributed by atoms with Gasteiger partial charge >= 0.3 is 0 Å². The third-order valence-corrected chi connectivity index (χ3v) is 7.84. The van der Waals surface area contributed by atoms with Gasteiger partial charge in [-0.1, -0.05) is 115 Å². The van der Waals surface area contributed by atoms with E-state index < -0.39 is 30.2 Å². The molecular weight excluding hydrogens is 542 g/mol. The molecule has 44 heavy (non-hydrogen) atoms. The summed E-state index contributed by atoms with van der Waals surface area (Å²) in [4.78, 5) is 14.3. The summed E-state index contributed by atoms with van der Waals surface area (Å²) in [5.74, 6) is 0.547. The molecule has 0 unspecified atom stereocenters. The maximum atomic E-state index is 8.64. The first-order valence-electron chi connectivity index (χ1n) is 16.6. The Kier molecular flexibility index (Phi) is 4.42. The molecule has 0 aliphatic carbocycles. The Labute approximate surface area is 259 Å². The number of nitrogens with zero attached hydrogens (tertiary/aromatic N) is 3. The van der Waals surface area contributed by atoms with E-state index in [1.54, 1.807) is 0 Å². The van der Waals surface area contributed by atoms with Gasteiger partial charge < -0.3 is 8.83 Å². The lowest BCUT2D eigenvalue weighted by Crippen LogP contribution is -2.00. The molecule has 0 bridgehead atoms. The number of furan rings is 2. The molecule has 0 spiro atoms. The highest BCUT2D eigenvalue weighted by molar-refractivity contribution is 6.14. The predicted molar refractivity (Wildman–Crippen MR) is 176 cm³/mol. The Morgan fingerprint density at radius 3 is 2.02 bits per heavy atom. The number of aromatic nitrogens is 3. The largest absolute Gasteiger partial charge is 0.456 e. The van der Waals surface area contributed by atoms with E-state index in [0.29, 0.717) is 28.1 Å². The van der Waals surface area contributed by atoms with Crippen molar-refractivity contribution in [2.24, 2.45) is 0 Å². The van der Waals surface area contributed by atoms with Gasteiger partial charge in [-0.3, -0.25) is 0 Å². The minimum atomic E-state index is -0.486. The second-order valence-corrected chi connectivity index (χ2v) is 10.4. The van der Waals surface area contributed by atoms with E-state index in [-0.39, 0.29) is 17.2 Å². The van der Waals surface area contributed by atoms with E-state index in [1.807, 2.05) is 91.0 Å². The highest BCUT2D eigenvalue weighted by Crippen LogP contribution is 2.41. The van der Waals surface area contributed by atoms with Crippen molar-refractivity contribution in [3.05, 3.63) is 139 Å². The molecule has 206 valence electrons. The number of benzene rings is 6. The van der Waals surface area contributed by atoms with Gasteiger partial charge in [-0.25, -0.2) is 15.0 Å². The normalized spacial score (nSPS) is 13.2. The minimum Gasteiger partial charge on any atom is -0.456 e. The standard InChI is InChI=1S/C39H23N3O2/c1-3-11-24(12-4-1)37-40-38(25-13-5-2-6-14-25)42-39(41-37)30-18-10-20-34-35(30)31-23-26(21-22-33(31)43-34)27-16-9-17-29-28-15-7-8-19-32(28)44-36(27)29/h1-23H/i1D,3D,4D,11D,12D. The molecule has 0 saturated carbocycles. The zero-order valence-corrected chi connectivity index (χ0v) is 23.1. The molecule has 0 fully saturated rings. The number of fused-ring (bicyclic) bond motifs is 6. The van der Waals surface area contributed by atoms with Crippen molar-refractivity contribution in [3.63, 3.8) is 0 Å². The van der Waals surface area contributed by atoms with Gasteiger partial charge in [0.1, 0.15) is 22.3 Å². The molecular formula is C39H23N3O2. The molecule has 9 rings (SSSR count). The van der Waals surface area contributed by atoms with Gasteiger partial charge in [0.15, 0.2) is 17.5 Å². The van der Waals surface area contributed by atoms with Crippen LogP contribution in [0.2, 0.25) is 0 Å². The van der Waals surface area contributed by atoms with E-state index in [0.717, 1.165) is 43.8 Å². The molecule has 9 aromatic rings. The average Bonchev–Trinajstić information content (AvgIpc) is 3.72. The molecule has 0 atom stereocenters.